The molecule has 3 aliphatic carbocycles. The Hall–Kier alpha value is -4.79. The molecule has 5 atom stereocenters. The number of allylic oxidation sites excluding steroid dienone is 2. The van der Waals surface area contributed by atoms with Crippen molar-refractivity contribution in [3.8, 4) is 5.88 Å². The number of ketones is 1. The molecule has 0 bridgehead atoms. The molecule has 0 unspecified atom stereocenters. The molecule has 4 fully saturated rings. The Bertz CT molecular complexity index is 2030. The van der Waals surface area contributed by atoms with Crippen molar-refractivity contribution in [2.75, 3.05) is 6.54 Å². The molecule has 4 aliphatic rings. The molecule has 4 amide bonds. The lowest BCUT2D eigenvalue weighted by molar-refractivity contribution is -0.141. The van der Waals surface area contributed by atoms with Crippen molar-refractivity contribution < 1.29 is 41.9 Å². The average Bonchev–Trinajstić information content (AvgIpc) is 3.98. The monoisotopic (exact) mass is 777 g/mol. The van der Waals surface area contributed by atoms with Crippen LogP contribution in [0.15, 0.2) is 54.8 Å². The zero-order valence-corrected chi connectivity index (χ0v) is 32.9. The summed E-state index contributed by atoms with van der Waals surface area (Å²) in [6.07, 6.45) is 5.99. The minimum absolute atomic E-state index is 0.00929. The van der Waals surface area contributed by atoms with Gasteiger partial charge in [0.2, 0.25) is 27.7 Å². The second-order valence-electron chi connectivity index (χ2n) is 16.5. The summed E-state index contributed by atoms with van der Waals surface area (Å²) in [6, 6.07) is 5.57. The summed E-state index contributed by atoms with van der Waals surface area (Å²) in [5.74, 6) is -2.21. The number of hydrogen-bond donors (Lipinski definition) is 3. The SMILES string of the molecule is C=C[C@@H]1C[C@]1(NC(=O)[C@@H]1C[C@@H](Oc2nccc3ccc(C4CC4)cc23)CN1C(=O)[C@H](CCC(=O)C=C(C)C)NC(=O)OC(C)(C)C)C(=O)NS(=O)(=O)C1CC1. The van der Waals surface area contributed by atoms with Crippen LogP contribution < -0.4 is 20.1 Å². The van der Waals surface area contributed by atoms with E-state index in [1.807, 2.05) is 12.1 Å². The predicted octanol–water partition coefficient (Wildman–Crippen LogP) is 4.34. The summed E-state index contributed by atoms with van der Waals surface area (Å²) >= 11 is 0. The lowest BCUT2D eigenvalue weighted by Gasteiger charge is -2.30. The first-order chi connectivity index (χ1) is 25.9. The number of carbonyl (C=O) groups is 5. The van der Waals surface area contributed by atoms with Gasteiger partial charge in [-0.1, -0.05) is 23.8 Å². The molecule has 1 aliphatic heterocycles. The fraction of sp³-hybridized carbons (Fsp3) is 0.550. The van der Waals surface area contributed by atoms with E-state index in [9.17, 15) is 32.4 Å². The van der Waals surface area contributed by atoms with Gasteiger partial charge in [-0.25, -0.2) is 18.2 Å². The van der Waals surface area contributed by atoms with Gasteiger partial charge < -0.3 is 25.0 Å². The number of amides is 4. The standard InChI is InChI=1S/C40H51N5O9S/c1-7-27-21-40(27,37(49)44-55(51,52)30-13-14-30)43-34(47)33-20-29(53-35-31-19-26(24-8-9-24)11-10-25(31)16-17-41-35)22-45(33)36(48)32(15-12-28(46)18-23(2)3)42-38(50)54-39(4,5)6/h7,10-11,16-19,24,27,29-30,32-33H,1,8-9,12-15,20-22H2,2-6H3,(H,42,50)(H,43,47)(H,44,49)/t27-,29-,32+,33+,40-/m1/s1. The average molecular weight is 778 g/mol. The second kappa shape index (κ2) is 15.4. The zero-order valence-electron chi connectivity index (χ0n) is 32.1. The highest BCUT2D eigenvalue weighted by Crippen LogP contribution is 2.46. The number of alkyl carbamates (subject to hydrolysis) is 1. The molecule has 2 heterocycles. The van der Waals surface area contributed by atoms with Crippen LogP contribution in [0.2, 0.25) is 0 Å². The number of hydrogen-bond acceptors (Lipinski definition) is 10. The van der Waals surface area contributed by atoms with Gasteiger partial charge in [-0.15, -0.1) is 6.58 Å². The Kier molecular flexibility index (Phi) is 11.2. The molecule has 0 spiro atoms. The fourth-order valence-corrected chi connectivity index (χ4v) is 8.43. The number of carbonyl (C=O) groups excluding carboxylic acids is 5. The van der Waals surface area contributed by atoms with Gasteiger partial charge in [0.1, 0.15) is 29.3 Å². The third-order valence-corrected chi connectivity index (χ3v) is 12.1. The van der Waals surface area contributed by atoms with E-state index in [4.69, 9.17) is 9.47 Å². The van der Waals surface area contributed by atoms with Crippen LogP contribution in [0.1, 0.15) is 97.5 Å². The van der Waals surface area contributed by atoms with E-state index in [-0.39, 0.29) is 38.0 Å². The van der Waals surface area contributed by atoms with E-state index in [0.717, 1.165) is 29.2 Å². The minimum Gasteiger partial charge on any atom is -0.472 e. The Morgan fingerprint density at radius 2 is 1.82 bits per heavy atom. The first kappa shape index (κ1) is 39.9. The molecule has 14 nitrogen and oxygen atoms in total. The molecule has 1 aromatic carbocycles. The number of nitrogens with zero attached hydrogens (tertiary/aromatic N) is 2. The maximum atomic E-state index is 14.5. The fourth-order valence-electron chi connectivity index (χ4n) is 7.06. The highest BCUT2D eigenvalue weighted by molar-refractivity contribution is 7.91. The summed E-state index contributed by atoms with van der Waals surface area (Å²) in [6.45, 7) is 12.3. The van der Waals surface area contributed by atoms with Crippen molar-refractivity contribution in [3.63, 3.8) is 0 Å². The molecule has 3 saturated carbocycles. The number of nitrogens with one attached hydrogen (secondary N) is 3. The van der Waals surface area contributed by atoms with Crippen LogP contribution in [0.3, 0.4) is 0 Å². The minimum atomic E-state index is -3.92. The van der Waals surface area contributed by atoms with Crippen LogP contribution in [-0.2, 0) is 33.9 Å². The van der Waals surface area contributed by atoms with E-state index in [2.05, 4.69) is 39.1 Å². The van der Waals surface area contributed by atoms with Crippen molar-refractivity contribution in [1.29, 1.82) is 0 Å². The van der Waals surface area contributed by atoms with Gasteiger partial charge in [0.25, 0.3) is 5.91 Å². The summed E-state index contributed by atoms with van der Waals surface area (Å²) in [5, 5.41) is 6.43. The molecule has 1 saturated heterocycles. The van der Waals surface area contributed by atoms with Crippen molar-refractivity contribution in [2.45, 2.75) is 126 Å². The Morgan fingerprint density at radius 1 is 1.09 bits per heavy atom. The van der Waals surface area contributed by atoms with Crippen LogP contribution in [0.25, 0.3) is 10.8 Å². The van der Waals surface area contributed by atoms with Crippen molar-refractivity contribution >= 4 is 50.4 Å². The van der Waals surface area contributed by atoms with Crippen molar-refractivity contribution in [1.82, 2.24) is 25.2 Å². The largest absolute Gasteiger partial charge is 0.472 e. The first-order valence-electron chi connectivity index (χ1n) is 18.9. The summed E-state index contributed by atoms with van der Waals surface area (Å²) in [5.41, 5.74) is -0.520. The third-order valence-electron chi connectivity index (χ3n) is 10.3. The van der Waals surface area contributed by atoms with Crippen molar-refractivity contribution in [3.05, 3.63) is 60.3 Å². The molecule has 296 valence electrons. The number of sulfonamides is 1. The van der Waals surface area contributed by atoms with Crippen LogP contribution in [0, 0.1) is 5.92 Å². The van der Waals surface area contributed by atoms with Crippen molar-refractivity contribution in [2.24, 2.45) is 5.92 Å². The highest BCUT2D eigenvalue weighted by atomic mass is 32.2. The molecule has 15 heteroatoms. The molecule has 2 aromatic rings. The van der Waals surface area contributed by atoms with E-state index < -0.39 is 74.3 Å². The molecule has 0 radical (unpaired) electrons. The Labute approximate surface area is 321 Å². The van der Waals surface area contributed by atoms with Crippen LogP contribution in [0.5, 0.6) is 5.88 Å². The second-order valence-corrected chi connectivity index (χ2v) is 18.4. The molecular weight excluding hydrogens is 727 g/mol. The maximum absolute atomic E-state index is 14.5. The molecule has 6 rings (SSSR count). The first-order valence-corrected chi connectivity index (χ1v) is 20.5. The van der Waals surface area contributed by atoms with E-state index in [1.165, 1.54) is 22.6 Å². The van der Waals surface area contributed by atoms with E-state index in [1.54, 1.807) is 40.8 Å². The van der Waals surface area contributed by atoms with Gasteiger partial charge in [0, 0.05) is 30.3 Å². The lowest BCUT2D eigenvalue weighted by atomic mass is 10.0. The number of aromatic nitrogens is 1. The quantitative estimate of drug-likeness (QED) is 0.173. The van der Waals surface area contributed by atoms with Crippen LogP contribution in [0.4, 0.5) is 4.79 Å². The molecule has 55 heavy (non-hydrogen) atoms. The van der Waals surface area contributed by atoms with E-state index in [0.29, 0.717) is 24.6 Å². The number of rotatable bonds is 15. The predicted molar refractivity (Wildman–Crippen MR) is 204 cm³/mol. The Balaban J connectivity index is 1.29. The molecule has 1 aromatic heterocycles. The Morgan fingerprint density at radius 3 is 2.44 bits per heavy atom. The zero-order chi connectivity index (χ0) is 39.9. The van der Waals surface area contributed by atoms with Gasteiger partial charge in [0.05, 0.1) is 11.8 Å². The van der Waals surface area contributed by atoms with Gasteiger partial charge in [0.15, 0.2) is 5.78 Å². The number of ether oxygens (including phenoxy) is 2. The lowest BCUT2D eigenvalue weighted by Crippen LogP contribution is -2.58. The summed E-state index contributed by atoms with van der Waals surface area (Å²) in [7, 11) is -3.92. The van der Waals surface area contributed by atoms with Gasteiger partial charge in [-0.05, 0) is 108 Å². The van der Waals surface area contributed by atoms with Gasteiger partial charge in [-0.2, -0.15) is 0 Å². The maximum Gasteiger partial charge on any atom is 0.408 e. The summed E-state index contributed by atoms with van der Waals surface area (Å²) < 4.78 is 39.5. The molecular formula is C40H51N5O9S. The normalized spacial score (nSPS) is 23.9. The topological polar surface area (TPSA) is 190 Å². The number of benzene rings is 1. The highest BCUT2D eigenvalue weighted by Gasteiger charge is 2.62. The van der Waals surface area contributed by atoms with Crippen LogP contribution in [-0.4, -0.2) is 89.0 Å². The molecule has 3 N–H and O–H groups in total. The number of pyridine rings is 1. The number of fused-ring (bicyclic) bond motifs is 1. The number of likely N-dealkylation sites (tertiary alicyclic amines) is 1. The van der Waals surface area contributed by atoms with Gasteiger partial charge >= 0.3 is 6.09 Å². The van der Waals surface area contributed by atoms with E-state index >= 15 is 0 Å². The third kappa shape index (κ3) is 9.54. The smallest absolute Gasteiger partial charge is 0.408 e. The van der Waals surface area contributed by atoms with Gasteiger partial charge in [-0.3, -0.25) is 23.9 Å². The van der Waals surface area contributed by atoms with Crippen LogP contribution >= 0.6 is 0 Å². The summed E-state index contributed by atoms with van der Waals surface area (Å²) in [4.78, 5) is 74.0.